The average molecular weight is 275 g/mol. The number of allylic oxidation sites excluding steroid dienone is 3. The number of aliphatic imine (C=N–C) groups is 1. The number of nitrogens with zero attached hydrogens (tertiary/aromatic N) is 1. The SMILES string of the molecule is CCCCC1(CC)C=NC(CC)CC=CCCC=CC1. The minimum atomic E-state index is 0.294. The van der Waals surface area contributed by atoms with Gasteiger partial charge in [-0.2, -0.15) is 0 Å². The molecule has 0 aromatic carbocycles. The summed E-state index contributed by atoms with van der Waals surface area (Å²) in [5, 5.41) is 0. The van der Waals surface area contributed by atoms with Crippen LogP contribution in [0.25, 0.3) is 0 Å². The molecule has 0 bridgehead atoms. The van der Waals surface area contributed by atoms with E-state index in [1.54, 1.807) is 0 Å². The maximum Gasteiger partial charge on any atom is 0.0527 e. The van der Waals surface area contributed by atoms with Crippen molar-refractivity contribution < 1.29 is 0 Å². The topological polar surface area (TPSA) is 12.4 Å². The van der Waals surface area contributed by atoms with Gasteiger partial charge < -0.3 is 0 Å². The van der Waals surface area contributed by atoms with Crippen LogP contribution in [-0.2, 0) is 0 Å². The van der Waals surface area contributed by atoms with Crippen LogP contribution in [0.4, 0.5) is 0 Å². The van der Waals surface area contributed by atoms with Gasteiger partial charge in [0.25, 0.3) is 0 Å². The van der Waals surface area contributed by atoms with Crippen LogP contribution in [0.1, 0.15) is 78.6 Å². The molecular weight excluding hydrogens is 242 g/mol. The molecule has 1 heteroatoms. The molecule has 0 saturated heterocycles. The van der Waals surface area contributed by atoms with E-state index in [4.69, 9.17) is 4.99 Å². The molecule has 0 spiro atoms. The van der Waals surface area contributed by atoms with Crippen molar-refractivity contribution in [2.45, 2.75) is 84.6 Å². The van der Waals surface area contributed by atoms with Crippen molar-refractivity contribution in [1.82, 2.24) is 0 Å². The molecule has 0 fully saturated rings. The molecule has 0 aromatic heterocycles. The molecule has 20 heavy (non-hydrogen) atoms. The normalized spacial score (nSPS) is 28.1. The molecule has 0 amide bonds. The van der Waals surface area contributed by atoms with Gasteiger partial charge in [0.1, 0.15) is 0 Å². The second-order valence-corrected chi connectivity index (χ2v) is 6.12. The van der Waals surface area contributed by atoms with Crippen molar-refractivity contribution in [3.05, 3.63) is 24.3 Å². The van der Waals surface area contributed by atoms with E-state index in [9.17, 15) is 0 Å². The van der Waals surface area contributed by atoms with E-state index in [1.165, 1.54) is 38.5 Å². The Morgan fingerprint density at radius 1 is 1.05 bits per heavy atom. The van der Waals surface area contributed by atoms with E-state index >= 15 is 0 Å². The lowest BCUT2D eigenvalue weighted by atomic mass is 9.78. The molecule has 0 aliphatic carbocycles. The first-order valence-electron chi connectivity index (χ1n) is 8.60. The van der Waals surface area contributed by atoms with E-state index in [0.29, 0.717) is 11.5 Å². The summed E-state index contributed by atoms with van der Waals surface area (Å²) in [6.07, 6.45) is 22.5. The largest absolute Gasteiger partial charge is 0.293 e. The molecule has 1 heterocycles. The number of unbranched alkanes of at least 4 members (excludes halogenated alkanes) is 1. The molecule has 0 N–H and O–H groups in total. The van der Waals surface area contributed by atoms with E-state index in [-0.39, 0.29) is 0 Å². The van der Waals surface area contributed by atoms with Crippen LogP contribution in [0.3, 0.4) is 0 Å². The first kappa shape index (κ1) is 17.2. The van der Waals surface area contributed by atoms with Crippen molar-refractivity contribution in [3.8, 4) is 0 Å². The minimum Gasteiger partial charge on any atom is -0.293 e. The summed E-state index contributed by atoms with van der Waals surface area (Å²) in [5.74, 6) is 0. The summed E-state index contributed by atoms with van der Waals surface area (Å²) in [7, 11) is 0. The third kappa shape index (κ3) is 6.07. The third-order valence-corrected chi connectivity index (χ3v) is 4.53. The lowest BCUT2D eigenvalue weighted by Crippen LogP contribution is -2.22. The predicted octanol–water partition coefficient (Wildman–Crippen LogP) is 6.11. The standard InChI is InChI=1S/C19H33N/c1-4-7-15-19(6-3)16-13-11-9-8-10-12-14-18(5-2)20-17-19/h10-13,17-18H,4-9,14-16H2,1-3H3. The third-order valence-electron chi connectivity index (χ3n) is 4.53. The first-order chi connectivity index (χ1) is 9.76. The van der Waals surface area contributed by atoms with Gasteiger partial charge in [-0.1, -0.05) is 57.9 Å². The molecule has 1 nitrogen and oxygen atoms in total. The monoisotopic (exact) mass is 275 g/mol. The second kappa shape index (κ2) is 9.96. The maximum atomic E-state index is 4.94. The Morgan fingerprint density at radius 3 is 2.45 bits per heavy atom. The number of hydrogen-bond donors (Lipinski definition) is 0. The molecule has 2 atom stereocenters. The first-order valence-corrected chi connectivity index (χ1v) is 8.60. The zero-order chi connectivity index (χ0) is 14.7. The molecule has 0 radical (unpaired) electrons. The average Bonchev–Trinajstić information content (AvgIpc) is 2.47. The van der Waals surface area contributed by atoms with Gasteiger partial charge in [0.05, 0.1) is 6.04 Å². The quantitative estimate of drug-likeness (QED) is 0.537. The molecule has 114 valence electrons. The lowest BCUT2D eigenvalue weighted by Gasteiger charge is -2.28. The summed E-state index contributed by atoms with van der Waals surface area (Å²) in [5.41, 5.74) is 0.294. The molecule has 2 unspecified atom stereocenters. The van der Waals surface area contributed by atoms with Gasteiger partial charge in [0.2, 0.25) is 0 Å². The highest BCUT2D eigenvalue weighted by atomic mass is 14.8. The Morgan fingerprint density at radius 2 is 1.80 bits per heavy atom. The van der Waals surface area contributed by atoms with Crippen LogP contribution < -0.4 is 0 Å². The van der Waals surface area contributed by atoms with Crippen LogP contribution >= 0.6 is 0 Å². The summed E-state index contributed by atoms with van der Waals surface area (Å²) >= 11 is 0. The van der Waals surface area contributed by atoms with Crippen molar-refractivity contribution in [1.29, 1.82) is 0 Å². The Bertz CT molecular complexity index is 327. The second-order valence-electron chi connectivity index (χ2n) is 6.12. The fraction of sp³-hybridized carbons (Fsp3) is 0.737. The molecule has 1 aliphatic rings. The van der Waals surface area contributed by atoms with Crippen LogP contribution in [0.15, 0.2) is 29.3 Å². The van der Waals surface area contributed by atoms with Crippen molar-refractivity contribution >= 4 is 6.21 Å². The Hall–Kier alpha value is -0.850. The van der Waals surface area contributed by atoms with E-state index < -0.39 is 0 Å². The molecule has 0 saturated carbocycles. The Labute approximate surface area is 126 Å². The van der Waals surface area contributed by atoms with Gasteiger partial charge >= 0.3 is 0 Å². The Kier molecular flexibility index (Phi) is 8.57. The lowest BCUT2D eigenvalue weighted by molar-refractivity contribution is 0.368. The number of rotatable bonds is 5. The fourth-order valence-corrected chi connectivity index (χ4v) is 2.76. The summed E-state index contributed by atoms with van der Waals surface area (Å²) in [6, 6.07) is 0.474. The fourth-order valence-electron chi connectivity index (χ4n) is 2.76. The van der Waals surface area contributed by atoms with Crippen molar-refractivity contribution in [2.75, 3.05) is 0 Å². The van der Waals surface area contributed by atoms with E-state index in [2.05, 4.69) is 51.3 Å². The van der Waals surface area contributed by atoms with Crippen LogP contribution in [0.2, 0.25) is 0 Å². The molecule has 0 aromatic rings. The van der Waals surface area contributed by atoms with E-state index in [1.807, 2.05) is 0 Å². The van der Waals surface area contributed by atoms with Gasteiger partial charge in [-0.3, -0.25) is 4.99 Å². The van der Waals surface area contributed by atoms with Gasteiger partial charge in [-0.15, -0.1) is 0 Å². The summed E-state index contributed by atoms with van der Waals surface area (Å²) in [4.78, 5) is 4.94. The highest BCUT2D eigenvalue weighted by Crippen LogP contribution is 2.32. The van der Waals surface area contributed by atoms with Gasteiger partial charge in [0.15, 0.2) is 0 Å². The smallest absolute Gasteiger partial charge is 0.0527 e. The van der Waals surface area contributed by atoms with Crippen molar-refractivity contribution in [2.24, 2.45) is 10.4 Å². The Balaban J connectivity index is 2.87. The summed E-state index contributed by atoms with van der Waals surface area (Å²) in [6.45, 7) is 6.86. The van der Waals surface area contributed by atoms with Crippen LogP contribution in [-0.4, -0.2) is 12.3 Å². The number of hydrogen-bond acceptors (Lipinski definition) is 1. The van der Waals surface area contributed by atoms with Crippen LogP contribution in [0.5, 0.6) is 0 Å². The molecular formula is C19H33N. The maximum absolute atomic E-state index is 4.94. The molecule has 1 rings (SSSR count). The van der Waals surface area contributed by atoms with Gasteiger partial charge in [-0.25, -0.2) is 0 Å². The van der Waals surface area contributed by atoms with Gasteiger partial charge in [0, 0.05) is 11.6 Å². The van der Waals surface area contributed by atoms with Crippen LogP contribution in [0, 0.1) is 5.41 Å². The van der Waals surface area contributed by atoms with E-state index in [0.717, 1.165) is 19.3 Å². The van der Waals surface area contributed by atoms with Crippen molar-refractivity contribution in [3.63, 3.8) is 0 Å². The molecule has 1 aliphatic heterocycles. The highest BCUT2D eigenvalue weighted by Gasteiger charge is 2.24. The zero-order valence-corrected chi connectivity index (χ0v) is 13.8. The minimum absolute atomic E-state index is 0.294. The van der Waals surface area contributed by atoms with Gasteiger partial charge in [-0.05, 0) is 44.9 Å². The highest BCUT2D eigenvalue weighted by molar-refractivity contribution is 5.66. The zero-order valence-electron chi connectivity index (χ0n) is 13.8. The summed E-state index contributed by atoms with van der Waals surface area (Å²) < 4.78 is 0. The predicted molar refractivity (Wildman–Crippen MR) is 91.6 cm³/mol.